The van der Waals surface area contributed by atoms with E-state index < -0.39 is 10.8 Å². The fourth-order valence-corrected chi connectivity index (χ4v) is 2.18. The summed E-state index contributed by atoms with van der Waals surface area (Å²) in [6.07, 6.45) is 1.01. The van der Waals surface area contributed by atoms with E-state index in [2.05, 4.69) is 5.32 Å². The number of rotatable bonds is 2. The van der Waals surface area contributed by atoms with Crippen LogP contribution in [0.15, 0.2) is 0 Å². The second kappa shape index (κ2) is 3.06. The van der Waals surface area contributed by atoms with Crippen LogP contribution in [-0.2, 0) is 0 Å². The van der Waals surface area contributed by atoms with E-state index in [1.165, 1.54) is 0 Å². The highest BCUT2D eigenvalue weighted by Crippen LogP contribution is 2.32. The summed E-state index contributed by atoms with van der Waals surface area (Å²) in [7, 11) is -2.75. The van der Waals surface area contributed by atoms with Gasteiger partial charge in [0, 0.05) is 0 Å². The molecule has 0 amide bonds. The Balaban J connectivity index is 2.24. The molecule has 1 unspecified atom stereocenters. The van der Waals surface area contributed by atoms with Crippen LogP contribution in [0.25, 0.3) is 0 Å². The normalized spacial score (nSPS) is 28.9. The van der Waals surface area contributed by atoms with Gasteiger partial charge in [0.25, 0.3) is 0 Å². The topological polar surface area (TPSA) is 78.5 Å². The molecule has 5 N–H and O–H groups in total. The van der Waals surface area contributed by atoms with E-state index in [0.29, 0.717) is 11.7 Å². The molecule has 1 atom stereocenters. The molecule has 4 nitrogen and oxygen atoms in total. The monoisotopic (exact) mass is 166 g/mol. The van der Waals surface area contributed by atoms with Gasteiger partial charge >= 0.3 is 0 Å². The maximum absolute atomic E-state index is 8.87. The van der Waals surface area contributed by atoms with Gasteiger partial charge in [0.1, 0.15) is 0 Å². The van der Waals surface area contributed by atoms with Crippen molar-refractivity contribution in [3.05, 3.63) is 0 Å². The maximum Gasteiger partial charge on any atom is 0.0566 e. The molecule has 0 aliphatic carbocycles. The second-order valence-corrected chi connectivity index (χ2v) is 4.51. The number of hydrogen-bond donors (Lipinski definition) is 4. The molecule has 1 aliphatic heterocycles. The lowest BCUT2D eigenvalue weighted by Crippen LogP contribution is -2.21. The SMILES string of the molecule is NS(O)(O)CC1CCNC1. The first-order valence-corrected chi connectivity index (χ1v) is 5.10. The van der Waals surface area contributed by atoms with Crippen LogP contribution in [-0.4, -0.2) is 27.9 Å². The summed E-state index contributed by atoms with van der Waals surface area (Å²) >= 11 is 0. The van der Waals surface area contributed by atoms with Crippen molar-refractivity contribution < 1.29 is 9.11 Å². The van der Waals surface area contributed by atoms with E-state index in [0.717, 1.165) is 19.5 Å². The minimum Gasteiger partial charge on any atom is -0.316 e. The highest BCUT2D eigenvalue weighted by atomic mass is 32.3. The second-order valence-electron chi connectivity index (χ2n) is 2.74. The third-order valence-electron chi connectivity index (χ3n) is 1.64. The zero-order chi connectivity index (χ0) is 7.61. The highest BCUT2D eigenvalue weighted by Gasteiger charge is 2.19. The van der Waals surface area contributed by atoms with E-state index in [1.54, 1.807) is 0 Å². The minimum atomic E-state index is -2.75. The van der Waals surface area contributed by atoms with Crippen molar-refractivity contribution in [1.82, 2.24) is 5.32 Å². The van der Waals surface area contributed by atoms with Crippen LogP contribution in [0, 0.1) is 5.92 Å². The average molecular weight is 166 g/mol. The van der Waals surface area contributed by atoms with Crippen LogP contribution in [0.5, 0.6) is 0 Å². The van der Waals surface area contributed by atoms with Crippen LogP contribution in [0.2, 0.25) is 0 Å². The summed E-state index contributed by atoms with van der Waals surface area (Å²) in [6.45, 7) is 1.84. The quantitative estimate of drug-likeness (QED) is 0.473. The molecule has 1 fully saturated rings. The zero-order valence-electron chi connectivity index (χ0n) is 5.79. The van der Waals surface area contributed by atoms with E-state index >= 15 is 0 Å². The lowest BCUT2D eigenvalue weighted by Gasteiger charge is -2.28. The molecule has 1 heterocycles. The third-order valence-corrected chi connectivity index (χ3v) is 2.61. The first kappa shape index (κ1) is 8.29. The van der Waals surface area contributed by atoms with Crippen molar-refractivity contribution in [3.63, 3.8) is 0 Å². The third kappa shape index (κ3) is 2.85. The standard InChI is InChI=1S/C5H14N2O2S/c6-10(8,9)4-5-1-2-7-3-5/h5,7-9H,1-4,6H2. The van der Waals surface area contributed by atoms with Crippen molar-refractivity contribution >= 4 is 10.8 Å². The van der Waals surface area contributed by atoms with Crippen molar-refractivity contribution in [2.45, 2.75) is 6.42 Å². The Hall–Kier alpha value is 0.190. The molecule has 5 heteroatoms. The van der Waals surface area contributed by atoms with Gasteiger partial charge in [-0.1, -0.05) is 0 Å². The smallest absolute Gasteiger partial charge is 0.0566 e. The highest BCUT2D eigenvalue weighted by molar-refractivity contribution is 8.22. The Morgan fingerprint density at radius 1 is 1.60 bits per heavy atom. The van der Waals surface area contributed by atoms with E-state index in [9.17, 15) is 0 Å². The van der Waals surface area contributed by atoms with Crippen molar-refractivity contribution in [1.29, 1.82) is 0 Å². The molecule has 1 aliphatic rings. The molecule has 0 aromatic heterocycles. The largest absolute Gasteiger partial charge is 0.316 e. The van der Waals surface area contributed by atoms with Gasteiger partial charge in [0.05, 0.1) is 5.75 Å². The van der Waals surface area contributed by atoms with Gasteiger partial charge in [-0.3, -0.25) is 9.11 Å². The van der Waals surface area contributed by atoms with Gasteiger partial charge in [-0.15, -0.1) is 10.8 Å². The predicted molar refractivity (Wildman–Crippen MR) is 42.9 cm³/mol. The first-order chi connectivity index (χ1) is 4.58. The van der Waals surface area contributed by atoms with Gasteiger partial charge in [-0.2, -0.15) is 0 Å². The van der Waals surface area contributed by atoms with Crippen LogP contribution in [0.3, 0.4) is 0 Å². The molecular formula is C5H14N2O2S. The van der Waals surface area contributed by atoms with E-state index in [1.807, 2.05) is 0 Å². The van der Waals surface area contributed by atoms with Gasteiger partial charge in [0.15, 0.2) is 0 Å². The molecule has 0 radical (unpaired) electrons. The Bertz CT molecular complexity index is 109. The van der Waals surface area contributed by atoms with Crippen LogP contribution in [0.1, 0.15) is 6.42 Å². The Labute approximate surface area is 62.3 Å². The fraction of sp³-hybridized carbons (Fsp3) is 1.00. The molecule has 0 bridgehead atoms. The lowest BCUT2D eigenvalue weighted by atomic mass is 10.2. The van der Waals surface area contributed by atoms with Crippen LogP contribution in [0.4, 0.5) is 0 Å². The Morgan fingerprint density at radius 2 is 2.30 bits per heavy atom. The van der Waals surface area contributed by atoms with Crippen molar-refractivity contribution in [2.24, 2.45) is 11.1 Å². The molecule has 0 saturated carbocycles. The minimum absolute atomic E-state index is 0.347. The fourth-order valence-electron chi connectivity index (χ4n) is 1.20. The van der Waals surface area contributed by atoms with Gasteiger partial charge < -0.3 is 5.32 Å². The first-order valence-electron chi connectivity index (χ1n) is 3.32. The van der Waals surface area contributed by atoms with E-state index in [-0.39, 0.29) is 0 Å². The van der Waals surface area contributed by atoms with Crippen LogP contribution >= 0.6 is 10.8 Å². The van der Waals surface area contributed by atoms with Gasteiger partial charge in [-0.05, 0) is 25.4 Å². The molecule has 10 heavy (non-hydrogen) atoms. The average Bonchev–Trinajstić information content (AvgIpc) is 2.12. The number of hydrogen-bond acceptors (Lipinski definition) is 4. The summed E-state index contributed by atoms with van der Waals surface area (Å²) in [5.41, 5.74) is 0. The maximum atomic E-state index is 8.87. The predicted octanol–water partition coefficient (Wildman–Crippen LogP) is 0.220. The zero-order valence-corrected chi connectivity index (χ0v) is 6.60. The number of nitrogens with one attached hydrogen (secondary N) is 1. The van der Waals surface area contributed by atoms with Gasteiger partial charge in [-0.25, -0.2) is 5.14 Å². The lowest BCUT2D eigenvalue weighted by molar-refractivity contribution is 0.473. The summed E-state index contributed by atoms with van der Waals surface area (Å²) in [4.78, 5) is 0. The van der Waals surface area contributed by atoms with Crippen LogP contribution < -0.4 is 10.5 Å². The van der Waals surface area contributed by atoms with E-state index in [4.69, 9.17) is 14.2 Å². The Morgan fingerprint density at radius 3 is 2.70 bits per heavy atom. The number of nitrogens with two attached hydrogens (primary N) is 1. The summed E-state index contributed by atoms with van der Waals surface area (Å²) < 4.78 is 17.7. The summed E-state index contributed by atoms with van der Waals surface area (Å²) in [5.74, 6) is 0.704. The molecule has 0 aromatic rings. The molecule has 1 rings (SSSR count). The molecule has 1 saturated heterocycles. The van der Waals surface area contributed by atoms with Gasteiger partial charge in [0.2, 0.25) is 0 Å². The summed E-state index contributed by atoms with van der Waals surface area (Å²) in [6, 6.07) is 0. The summed E-state index contributed by atoms with van der Waals surface area (Å²) in [5, 5.41) is 8.21. The van der Waals surface area contributed by atoms with Crippen molar-refractivity contribution in [3.8, 4) is 0 Å². The Kier molecular flexibility index (Phi) is 2.54. The van der Waals surface area contributed by atoms with Crippen molar-refractivity contribution in [2.75, 3.05) is 18.8 Å². The molecule has 0 aromatic carbocycles. The molecular weight excluding hydrogens is 152 g/mol. The molecule has 0 spiro atoms. The molecule has 62 valence electrons.